The molecule has 43 heavy (non-hydrogen) atoms. The molecule has 0 heterocycles. The van der Waals surface area contributed by atoms with Crippen LogP contribution in [0.5, 0.6) is 5.75 Å². The van der Waals surface area contributed by atoms with Crippen molar-refractivity contribution < 1.29 is 36.2 Å². The Hall–Kier alpha value is -4.15. The molecule has 0 aromatic heterocycles. The number of likely N-dealkylation sites (N-methyl/N-ethyl adjacent to an activating group) is 1. The van der Waals surface area contributed by atoms with Crippen LogP contribution in [0.2, 0.25) is 0 Å². The molecule has 4 atom stereocenters. The third-order valence-electron chi connectivity index (χ3n) is 8.88. The monoisotopic (exact) mass is 593 g/mol. The van der Waals surface area contributed by atoms with Crippen molar-refractivity contribution in [1.82, 2.24) is 4.90 Å². The number of rotatable bonds is 8. The van der Waals surface area contributed by atoms with E-state index in [1.54, 1.807) is 19.0 Å². The molecule has 2 aromatic carbocycles. The van der Waals surface area contributed by atoms with Gasteiger partial charge >= 0.3 is 0 Å². The zero-order chi connectivity index (χ0) is 30.5. The maximum absolute atomic E-state index is 14.1. The quantitative estimate of drug-likeness (QED) is 0.238. The average Bonchev–Trinajstić information content (AvgIpc) is 2.92. The molecule has 3 aliphatic rings. The number of nitrogens with zero attached hydrogens (tertiary/aromatic N) is 2. The molecule has 0 spiro atoms. The SMILES string of the molecule is CCCCOc1ccc(-c2ccc(N(C)C)cc2)c2c1C(O)=C1C(=O)C3C(=O)C(C(N)=O)=C(O)[C@@H](N(C)C)[C@@H]3CC1C2.O.[HH]. The summed E-state index contributed by atoms with van der Waals surface area (Å²) >= 11 is 0. The van der Waals surface area contributed by atoms with Crippen LogP contribution in [0.25, 0.3) is 16.9 Å². The van der Waals surface area contributed by atoms with E-state index < -0.39 is 52.6 Å². The number of Topliss-reactive ketones (excluding diaryl/α,β-unsaturated/α-hetero) is 2. The summed E-state index contributed by atoms with van der Waals surface area (Å²) in [6.45, 7) is 2.52. The van der Waals surface area contributed by atoms with Crippen LogP contribution >= 0.6 is 0 Å². The summed E-state index contributed by atoms with van der Waals surface area (Å²) in [4.78, 5) is 43.6. The number of carbonyl (C=O) groups is 3. The van der Waals surface area contributed by atoms with Gasteiger partial charge in [0, 0.05) is 26.8 Å². The Morgan fingerprint density at radius 2 is 1.72 bits per heavy atom. The first-order valence-corrected chi connectivity index (χ1v) is 14.5. The zero-order valence-electron chi connectivity index (χ0n) is 25.3. The van der Waals surface area contributed by atoms with Crippen molar-refractivity contribution in [2.75, 3.05) is 39.7 Å². The molecule has 2 aromatic rings. The Balaban J connectivity index is 0.00000264. The number of hydrogen-bond acceptors (Lipinski definition) is 8. The number of ketones is 2. The highest BCUT2D eigenvalue weighted by atomic mass is 16.5. The lowest BCUT2D eigenvalue weighted by molar-refractivity contribution is -0.136. The Morgan fingerprint density at radius 3 is 2.30 bits per heavy atom. The maximum atomic E-state index is 14.1. The van der Waals surface area contributed by atoms with Gasteiger partial charge in [-0.3, -0.25) is 19.3 Å². The molecule has 3 aliphatic carbocycles. The van der Waals surface area contributed by atoms with E-state index in [0.29, 0.717) is 30.8 Å². The Morgan fingerprint density at radius 1 is 1.05 bits per heavy atom. The standard InChI is InChI=1S/C33H39N3O6.H2O.H2/c1-6-7-14-42-23-13-12-20(17-8-10-19(11-9-17)35(2)3)21-15-18-16-22-26(30(38)24(18)29(37)25(21)23)31(39)27(33(34)41)32(40)28(22)36(4)5;;/h8-13,18,22,26,28,37,40H,6-7,14-16H2,1-5H3,(H2,34,41);1H2;1H/t18?,22-,26?,28+;;/m1../s1. The van der Waals surface area contributed by atoms with Crippen molar-refractivity contribution >= 4 is 28.9 Å². The molecule has 5 rings (SSSR count). The highest BCUT2D eigenvalue weighted by Gasteiger charge is 2.55. The number of amides is 1. The third-order valence-corrected chi connectivity index (χ3v) is 8.88. The zero-order valence-corrected chi connectivity index (χ0v) is 25.3. The van der Waals surface area contributed by atoms with Crippen LogP contribution in [0.15, 0.2) is 53.3 Å². The fraction of sp³-hybridized carbons (Fsp3) is 0.424. The number of aliphatic hydroxyl groups is 2. The van der Waals surface area contributed by atoms with Crippen molar-refractivity contribution in [3.05, 3.63) is 64.4 Å². The lowest BCUT2D eigenvalue weighted by Gasteiger charge is -2.46. The molecule has 10 nitrogen and oxygen atoms in total. The van der Waals surface area contributed by atoms with E-state index in [4.69, 9.17) is 10.5 Å². The van der Waals surface area contributed by atoms with Crippen molar-refractivity contribution in [3.63, 3.8) is 0 Å². The number of primary amides is 1. The van der Waals surface area contributed by atoms with E-state index in [0.717, 1.165) is 35.2 Å². The first-order chi connectivity index (χ1) is 20.0. The molecular formula is C33H43N3O7. The first-order valence-electron chi connectivity index (χ1n) is 14.5. The van der Waals surface area contributed by atoms with Crippen molar-refractivity contribution in [1.29, 1.82) is 0 Å². The largest absolute Gasteiger partial charge is 0.510 e. The molecule has 2 unspecified atom stereocenters. The number of fused-ring (bicyclic) bond motifs is 3. The van der Waals surface area contributed by atoms with Gasteiger partial charge in [0.05, 0.1) is 24.1 Å². The fourth-order valence-electron chi connectivity index (χ4n) is 6.91. The predicted molar refractivity (Wildman–Crippen MR) is 167 cm³/mol. The molecule has 10 heteroatoms. The number of hydrogen-bond donors (Lipinski definition) is 3. The predicted octanol–water partition coefficient (Wildman–Crippen LogP) is 3.48. The second-order valence-corrected chi connectivity index (χ2v) is 11.9. The van der Waals surface area contributed by atoms with Gasteiger partial charge in [0.15, 0.2) is 11.6 Å². The number of aliphatic hydroxyl groups excluding tert-OH is 2. The number of carbonyl (C=O) groups excluding carboxylic acids is 3. The molecule has 1 amide bonds. The summed E-state index contributed by atoms with van der Waals surface area (Å²) in [6, 6.07) is 11.2. The van der Waals surface area contributed by atoms with Crippen molar-refractivity contribution in [2.24, 2.45) is 23.5 Å². The molecular weight excluding hydrogens is 550 g/mol. The van der Waals surface area contributed by atoms with Gasteiger partial charge in [-0.2, -0.15) is 0 Å². The van der Waals surface area contributed by atoms with Crippen molar-refractivity contribution in [2.45, 2.75) is 38.6 Å². The lowest BCUT2D eigenvalue weighted by atomic mass is 9.59. The van der Waals surface area contributed by atoms with Gasteiger partial charge in [-0.15, -0.1) is 0 Å². The van der Waals surface area contributed by atoms with Crippen LogP contribution in [-0.2, 0) is 20.8 Å². The highest BCUT2D eigenvalue weighted by molar-refractivity contribution is 6.28. The molecule has 232 valence electrons. The van der Waals surface area contributed by atoms with Gasteiger partial charge in [-0.05, 0) is 80.1 Å². The van der Waals surface area contributed by atoms with Gasteiger partial charge in [-0.1, -0.05) is 31.5 Å². The molecule has 0 aliphatic heterocycles. The Kier molecular flexibility index (Phi) is 9.03. The molecule has 0 saturated heterocycles. The van der Waals surface area contributed by atoms with Crippen LogP contribution in [0.1, 0.15) is 38.7 Å². The van der Waals surface area contributed by atoms with Crippen LogP contribution in [0.3, 0.4) is 0 Å². The number of ether oxygens (including phenoxy) is 1. The minimum Gasteiger partial charge on any atom is -0.510 e. The first kappa shape index (κ1) is 31.8. The molecule has 1 fully saturated rings. The average molecular weight is 594 g/mol. The summed E-state index contributed by atoms with van der Waals surface area (Å²) in [5.41, 5.74) is 9.44. The van der Waals surface area contributed by atoms with E-state index in [-0.39, 0.29) is 18.2 Å². The van der Waals surface area contributed by atoms with E-state index in [1.165, 1.54) is 0 Å². The third kappa shape index (κ3) is 5.29. The van der Waals surface area contributed by atoms with Gasteiger partial charge in [-0.25, -0.2) is 0 Å². The van der Waals surface area contributed by atoms with Crippen molar-refractivity contribution in [3.8, 4) is 16.9 Å². The van der Waals surface area contributed by atoms with E-state index in [2.05, 4.69) is 6.92 Å². The van der Waals surface area contributed by atoms with Gasteiger partial charge in [0.25, 0.3) is 5.91 Å². The van der Waals surface area contributed by atoms with Gasteiger partial charge in [0.2, 0.25) is 0 Å². The summed E-state index contributed by atoms with van der Waals surface area (Å²) in [5.74, 6) is -4.67. The van der Waals surface area contributed by atoms with E-state index >= 15 is 0 Å². The number of allylic oxidation sites excluding steroid dienone is 1. The minimum atomic E-state index is -1.23. The second kappa shape index (κ2) is 12.2. The van der Waals surface area contributed by atoms with Crippen LogP contribution in [0.4, 0.5) is 5.69 Å². The Labute approximate surface area is 253 Å². The van der Waals surface area contributed by atoms with Gasteiger partial charge < -0.3 is 31.1 Å². The van der Waals surface area contributed by atoms with E-state index in [9.17, 15) is 24.6 Å². The Bertz CT molecular complexity index is 1510. The smallest absolute Gasteiger partial charge is 0.255 e. The number of anilines is 1. The maximum Gasteiger partial charge on any atom is 0.255 e. The normalized spacial score (nSPS) is 22.9. The fourth-order valence-corrected chi connectivity index (χ4v) is 6.91. The number of nitrogens with two attached hydrogens (primary N) is 1. The van der Waals surface area contributed by atoms with Crippen LogP contribution in [0, 0.1) is 17.8 Å². The van der Waals surface area contributed by atoms with Gasteiger partial charge in [0.1, 0.15) is 22.8 Å². The number of unbranched alkanes of at least 4 members (excludes halogenated alkanes) is 1. The molecule has 0 radical (unpaired) electrons. The number of benzene rings is 2. The second-order valence-electron chi connectivity index (χ2n) is 11.9. The summed E-state index contributed by atoms with van der Waals surface area (Å²) in [7, 11) is 7.41. The molecule has 1 saturated carbocycles. The summed E-state index contributed by atoms with van der Waals surface area (Å²) in [5, 5.41) is 22.8. The molecule has 6 N–H and O–H groups in total. The summed E-state index contributed by atoms with van der Waals surface area (Å²) < 4.78 is 6.12. The van der Waals surface area contributed by atoms with E-state index in [1.807, 2.05) is 55.4 Å². The lowest BCUT2D eigenvalue weighted by Crippen LogP contribution is -2.55. The van der Waals surface area contributed by atoms with Crippen LogP contribution < -0.4 is 15.4 Å². The van der Waals surface area contributed by atoms with Crippen LogP contribution in [-0.4, -0.2) is 78.9 Å². The topological polar surface area (TPSA) is 165 Å². The highest BCUT2D eigenvalue weighted by Crippen LogP contribution is 2.52. The molecule has 0 bridgehead atoms. The minimum absolute atomic E-state index is 0. The summed E-state index contributed by atoms with van der Waals surface area (Å²) in [6.07, 6.45) is 2.57.